The van der Waals surface area contributed by atoms with Crippen LogP contribution in [0, 0.1) is 5.92 Å². The summed E-state index contributed by atoms with van der Waals surface area (Å²) in [5, 5.41) is 0. The van der Waals surface area contributed by atoms with Gasteiger partial charge in [-0.25, -0.2) is 0 Å². The zero-order valence-corrected chi connectivity index (χ0v) is 17.9. The highest BCUT2D eigenvalue weighted by molar-refractivity contribution is 6.36. The van der Waals surface area contributed by atoms with E-state index in [4.69, 9.17) is 4.74 Å². The van der Waals surface area contributed by atoms with Crippen LogP contribution in [0.25, 0.3) is 5.57 Å². The first-order valence-corrected chi connectivity index (χ1v) is 10.7. The van der Waals surface area contributed by atoms with Gasteiger partial charge >= 0.3 is 0 Å². The number of carbonyl (C=O) groups excluding carboxylic acids is 2. The summed E-state index contributed by atoms with van der Waals surface area (Å²) in [7, 11) is 0. The van der Waals surface area contributed by atoms with E-state index < -0.39 is 0 Å². The Bertz CT molecular complexity index is 992. The summed E-state index contributed by atoms with van der Waals surface area (Å²) in [4.78, 5) is 30.4. The minimum atomic E-state index is -0.212. The van der Waals surface area contributed by atoms with Crippen LogP contribution in [0.3, 0.4) is 0 Å². The maximum atomic E-state index is 13.5. The van der Waals surface area contributed by atoms with Crippen molar-refractivity contribution in [2.24, 2.45) is 5.92 Å². The average Bonchev–Trinajstić information content (AvgIpc) is 2.98. The fraction of sp³-hybridized carbons (Fsp3) is 0.360. The standard InChI is InChI=1S/C25H28N2O3/c1-4-30-20-13-11-19(12-14-20)22-23(25(29)27(24(22)28)16-17(2)3)26-15-7-9-18-8-5-6-10-21(18)26/h5-6,8,10-14,17H,4,7,9,15-16H2,1-3H3. The van der Waals surface area contributed by atoms with Crippen LogP contribution >= 0.6 is 0 Å². The predicted molar refractivity (Wildman–Crippen MR) is 118 cm³/mol. The molecule has 0 fully saturated rings. The Morgan fingerprint density at radius 2 is 1.73 bits per heavy atom. The van der Waals surface area contributed by atoms with Crippen molar-refractivity contribution in [3.63, 3.8) is 0 Å². The number of nitrogens with zero attached hydrogens (tertiary/aromatic N) is 2. The van der Waals surface area contributed by atoms with Crippen LogP contribution < -0.4 is 9.64 Å². The van der Waals surface area contributed by atoms with E-state index in [1.54, 1.807) is 0 Å². The molecule has 2 aromatic carbocycles. The molecule has 0 saturated carbocycles. The number of hydrogen-bond donors (Lipinski definition) is 0. The monoisotopic (exact) mass is 404 g/mol. The van der Waals surface area contributed by atoms with Gasteiger partial charge in [-0.15, -0.1) is 0 Å². The average molecular weight is 405 g/mol. The minimum absolute atomic E-state index is 0.200. The molecule has 0 atom stereocenters. The predicted octanol–water partition coefficient (Wildman–Crippen LogP) is 4.27. The summed E-state index contributed by atoms with van der Waals surface area (Å²) >= 11 is 0. The second-order valence-electron chi connectivity index (χ2n) is 8.18. The minimum Gasteiger partial charge on any atom is -0.494 e. The first-order chi connectivity index (χ1) is 14.5. The fourth-order valence-corrected chi connectivity index (χ4v) is 4.26. The van der Waals surface area contributed by atoms with Gasteiger partial charge in [-0.3, -0.25) is 14.5 Å². The van der Waals surface area contributed by atoms with E-state index in [2.05, 4.69) is 6.07 Å². The van der Waals surface area contributed by atoms with Crippen LogP contribution in [0.2, 0.25) is 0 Å². The Balaban J connectivity index is 1.83. The van der Waals surface area contributed by atoms with Crippen LogP contribution in [-0.4, -0.2) is 36.4 Å². The number of imide groups is 1. The van der Waals surface area contributed by atoms with Crippen molar-refractivity contribution in [1.82, 2.24) is 4.90 Å². The molecule has 2 aromatic rings. The largest absolute Gasteiger partial charge is 0.494 e. The lowest BCUT2D eigenvalue weighted by atomic mass is 9.98. The molecule has 0 N–H and O–H groups in total. The smallest absolute Gasteiger partial charge is 0.278 e. The number of amides is 2. The van der Waals surface area contributed by atoms with Crippen molar-refractivity contribution < 1.29 is 14.3 Å². The second-order valence-corrected chi connectivity index (χ2v) is 8.18. The number of hydrogen-bond acceptors (Lipinski definition) is 4. The zero-order chi connectivity index (χ0) is 21.3. The molecule has 0 saturated heterocycles. The number of rotatable bonds is 6. The van der Waals surface area contributed by atoms with Gasteiger partial charge in [0.05, 0.1) is 12.2 Å². The highest BCUT2D eigenvalue weighted by Gasteiger charge is 2.42. The van der Waals surface area contributed by atoms with E-state index in [1.807, 2.05) is 68.1 Å². The molecule has 2 aliphatic rings. The van der Waals surface area contributed by atoms with Crippen molar-refractivity contribution >= 4 is 23.1 Å². The van der Waals surface area contributed by atoms with E-state index in [0.717, 1.165) is 36.4 Å². The van der Waals surface area contributed by atoms with E-state index in [0.29, 0.717) is 24.4 Å². The van der Waals surface area contributed by atoms with E-state index >= 15 is 0 Å². The van der Waals surface area contributed by atoms with Gasteiger partial charge in [0.1, 0.15) is 11.4 Å². The summed E-state index contributed by atoms with van der Waals surface area (Å²) < 4.78 is 5.55. The van der Waals surface area contributed by atoms with Crippen molar-refractivity contribution in [2.75, 3.05) is 24.6 Å². The van der Waals surface area contributed by atoms with Gasteiger partial charge in [0.15, 0.2) is 0 Å². The van der Waals surface area contributed by atoms with Crippen LogP contribution in [0.4, 0.5) is 5.69 Å². The lowest BCUT2D eigenvalue weighted by Gasteiger charge is -2.32. The topological polar surface area (TPSA) is 49.9 Å². The molecule has 2 aliphatic heterocycles. The summed E-state index contributed by atoms with van der Waals surface area (Å²) in [6.07, 6.45) is 1.93. The highest BCUT2D eigenvalue weighted by atomic mass is 16.5. The van der Waals surface area contributed by atoms with E-state index in [1.165, 1.54) is 10.5 Å². The van der Waals surface area contributed by atoms with Crippen molar-refractivity contribution in [1.29, 1.82) is 0 Å². The Morgan fingerprint density at radius 1 is 1.00 bits per heavy atom. The third-order valence-electron chi connectivity index (χ3n) is 5.53. The molecule has 5 nitrogen and oxygen atoms in total. The first kappa shape index (κ1) is 20.2. The van der Waals surface area contributed by atoms with Crippen molar-refractivity contribution in [3.05, 3.63) is 65.4 Å². The Kier molecular flexibility index (Phi) is 5.62. The van der Waals surface area contributed by atoms with Gasteiger partial charge in [0.25, 0.3) is 11.8 Å². The van der Waals surface area contributed by atoms with Gasteiger partial charge in [0, 0.05) is 18.8 Å². The molecule has 0 aromatic heterocycles. The molecule has 0 radical (unpaired) electrons. The number of ether oxygens (including phenoxy) is 1. The number of fused-ring (bicyclic) bond motifs is 1. The van der Waals surface area contributed by atoms with Crippen molar-refractivity contribution in [3.8, 4) is 5.75 Å². The van der Waals surface area contributed by atoms with Crippen LogP contribution in [-0.2, 0) is 16.0 Å². The van der Waals surface area contributed by atoms with Gasteiger partial charge in [0.2, 0.25) is 0 Å². The van der Waals surface area contributed by atoms with Crippen LogP contribution in [0.5, 0.6) is 5.75 Å². The van der Waals surface area contributed by atoms with Gasteiger partial charge in [-0.1, -0.05) is 44.2 Å². The summed E-state index contributed by atoms with van der Waals surface area (Å²) in [6.45, 7) is 7.69. The number of aryl methyl sites for hydroxylation is 1. The molecule has 4 rings (SSSR count). The number of anilines is 1. The molecule has 30 heavy (non-hydrogen) atoms. The SMILES string of the molecule is CCOc1ccc(C2=C(N3CCCc4ccccc43)C(=O)N(CC(C)C)C2=O)cc1. The maximum Gasteiger partial charge on any atom is 0.278 e. The molecule has 5 heteroatoms. The van der Waals surface area contributed by atoms with E-state index in [9.17, 15) is 9.59 Å². The molecule has 156 valence electrons. The van der Waals surface area contributed by atoms with E-state index in [-0.39, 0.29) is 17.7 Å². The molecular formula is C25H28N2O3. The summed E-state index contributed by atoms with van der Waals surface area (Å²) in [5.74, 6) is 0.542. The Hall–Kier alpha value is -3.08. The molecule has 0 bridgehead atoms. The Morgan fingerprint density at radius 3 is 2.43 bits per heavy atom. The third-order valence-corrected chi connectivity index (χ3v) is 5.53. The van der Waals surface area contributed by atoms with Crippen molar-refractivity contribution in [2.45, 2.75) is 33.6 Å². The molecule has 0 unspecified atom stereocenters. The zero-order valence-electron chi connectivity index (χ0n) is 17.9. The summed E-state index contributed by atoms with van der Waals surface area (Å²) in [5.41, 5.74) is 3.97. The van der Waals surface area contributed by atoms with Crippen LogP contribution in [0.15, 0.2) is 54.2 Å². The molecule has 2 heterocycles. The first-order valence-electron chi connectivity index (χ1n) is 10.7. The third kappa shape index (κ3) is 3.60. The number of carbonyl (C=O) groups is 2. The maximum absolute atomic E-state index is 13.5. The highest BCUT2D eigenvalue weighted by Crippen LogP contribution is 2.38. The molecule has 2 amide bonds. The lowest BCUT2D eigenvalue weighted by molar-refractivity contribution is -0.137. The second kappa shape index (κ2) is 8.34. The van der Waals surface area contributed by atoms with Gasteiger partial charge < -0.3 is 9.64 Å². The molecule has 0 spiro atoms. The Labute approximate surface area is 177 Å². The fourth-order valence-electron chi connectivity index (χ4n) is 4.26. The van der Waals surface area contributed by atoms with Gasteiger partial charge in [-0.2, -0.15) is 0 Å². The van der Waals surface area contributed by atoms with Gasteiger partial charge in [-0.05, 0) is 55.0 Å². The normalized spacial score (nSPS) is 16.5. The molecule has 0 aliphatic carbocycles. The number of para-hydroxylation sites is 1. The quantitative estimate of drug-likeness (QED) is 0.675. The summed E-state index contributed by atoms with van der Waals surface area (Å²) in [6, 6.07) is 15.6. The molecular weight excluding hydrogens is 376 g/mol. The number of benzene rings is 2. The lowest BCUT2D eigenvalue weighted by Crippen LogP contribution is -2.38. The van der Waals surface area contributed by atoms with Crippen LogP contribution in [0.1, 0.15) is 38.3 Å².